The minimum Gasteiger partial charge on any atom is -0.456 e. The molecular formula is C23H35ClN4O5Si. The molecule has 5 atom stereocenters. The van der Waals surface area contributed by atoms with Crippen molar-refractivity contribution < 1.29 is 23.4 Å². The van der Waals surface area contributed by atoms with Gasteiger partial charge in [0.15, 0.2) is 20.1 Å². The second kappa shape index (κ2) is 8.90. The second-order valence-electron chi connectivity index (χ2n) is 11.0. The summed E-state index contributed by atoms with van der Waals surface area (Å²) in [6.45, 7) is 12.8. The average molecular weight is 511 g/mol. The van der Waals surface area contributed by atoms with E-state index in [1.165, 1.54) is 0 Å². The fraction of sp³-hybridized carbons (Fsp3) is 0.739. The number of anilines is 1. The molecule has 3 fully saturated rings. The third kappa shape index (κ3) is 4.33. The Morgan fingerprint density at radius 3 is 2.47 bits per heavy atom. The van der Waals surface area contributed by atoms with Crippen LogP contribution in [0.1, 0.15) is 46.3 Å². The van der Waals surface area contributed by atoms with Crippen LogP contribution in [0.3, 0.4) is 0 Å². The molecular weight excluding hydrogens is 476 g/mol. The molecule has 0 radical (unpaired) electrons. The summed E-state index contributed by atoms with van der Waals surface area (Å²) >= 11 is 6.22. The molecule has 2 N–H and O–H groups in total. The van der Waals surface area contributed by atoms with Gasteiger partial charge in [0.2, 0.25) is 0 Å². The minimum atomic E-state index is -1.96. The molecule has 0 aromatic carbocycles. The smallest absolute Gasteiger partial charge is 0.301 e. The molecule has 0 saturated carbocycles. The quantitative estimate of drug-likeness (QED) is 0.594. The summed E-state index contributed by atoms with van der Waals surface area (Å²) in [5.74, 6) is 0.256. The lowest BCUT2D eigenvalue weighted by Crippen LogP contribution is -2.47. The number of hydrogen-bond donors (Lipinski definition) is 1. The van der Waals surface area contributed by atoms with Gasteiger partial charge in [-0.15, -0.1) is 0 Å². The SMILES string of the molecule is CC(C)(C)[Si](C)(C)OC1CO[C@H]2C1OC[C@H]2Oc1nc2cc(Cl)c(N)nc2n1C1CCCCO1. The molecule has 3 unspecified atom stereocenters. The maximum atomic E-state index is 6.62. The van der Waals surface area contributed by atoms with Gasteiger partial charge in [0.1, 0.15) is 29.8 Å². The van der Waals surface area contributed by atoms with Gasteiger partial charge in [-0.25, -0.2) is 4.98 Å². The first-order valence-electron chi connectivity index (χ1n) is 12.1. The number of nitrogen functional groups attached to an aromatic ring is 1. The number of ether oxygens (including phenoxy) is 4. The van der Waals surface area contributed by atoms with Crippen LogP contribution < -0.4 is 10.5 Å². The molecule has 5 heterocycles. The minimum absolute atomic E-state index is 0.0970. The van der Waals surface area contributed by atoms with Crippen LogP contribution in [0.25, 0.3) is 11.2 Å². The molecule has 11 heteroatoms. The van der Waals surface area contributed by atoms with Crippen LogP contribution in [0, 0.1) is 0 Å². The Hall–Kier alpha value is -1.43. The molecule has 0 spiro atoms. The normalized spacial score (nSPS) is 30.1. The van der Waals surface area contributed by atoms with Crippen molar-refractivity contribution in [2.75, 3.05) is 25.6 Å². The number of imidazole rings is 1. The van der Waals surface area contributed by atoms with Crippen LogP contribution >= 0.6 is 11.6 Å². The number of halogens is 1. The Bertz CT molecular complexity index is 1050. The lowest BCUT2D eigenvalue weighted by Gasteiger charge is -2.39. The molecule has 2 aromatic rings. The lowest BCUT2D eigenvalue weighted by atomic mass is 10.1. The van der Waals surface area contributed by atoms with E-state index in [9.17, 15) is 0 Å². The van der Waals surface area contributed by atoms with E-state index in [-0.39, 0.29) is 41.5 Å². The predicted molar refractivity (Wildman–Crippen MR) is 132 cm³/mol. The van der Waals surface area contributed by atoms with Crippen molar-refractivity contribution >= 4 is 36.9 Å². The molecule has 5 rings (SSSR count). The van der Waals surface area contributed by atoms with Gasteiger partial charge in [-0.1, -0.05) is 32.4 Å². The lowest BCUT2D eigenvalue weighted by molar-refractivity contribution is -0.0406. The third-order valence-corrected chi connectivity index (χ3v) is 12.3. The van der Waals surface area contributed by atoms with Crippen LogP contribution in [0.15, 0.2) is 6.07 Å². The summed E-state index contributed by atoms with van der Waals surface area (Å²) in [7, 11) is -1.96. The Morgan fingerprint density at radius 1 is 1.09 bits per heavy atom. The Morgan fingerprint density at radius 2 is 1.79 bits per heavy atom. The summed E-state index contributed by atoms with van der Waals surface area (Å²) < 4.78 is 33.3. The molecule has 188 valence electrons. The summed E-state index contributed by atoms with van der Waals surface area (Å²) in [6.07, 6.45) is 1.91. The maximum Gasteiger partial charge on any atom is 0.301 e. The van der Waals surface area contributed by atoms with Gasteiger partial charge in [0.25, 0.3) is 0 Å². The molecule has 0 aliphatic carbocycles. The monoisotopic (exact) mass is 510 g/mol. The maximum absolute atomic E-state index is 6.62. The molecule has 34 heavy (non-hydrogen) atoms. The highest BCUT2D eigenvalue weighted by Gasteiger charge is 2.52. The van der Waals surface area contributed by atoms with Crippen molar-refractivity contribution in [2.45, 2.75) is 88.8 Å². The zero-order valence-electron chi connectivity index (χ0n) is 20.5. The van der Waals surface area contributed by atoms with Gasteiger partial charge in [0, 0.05) is 6.61 Å². The van der Waals surface area contributed by atoms with Crippen molar-refractivity contribution in [3.8, 4) is 6.01 Å². The van der Waals surface area contributed by atoms with Crippen molar-refractivity contribution in [3.05, 3.63) is 11.1 Å². The van der Waals surface area contributed by atoms with Gasteiger partial charge >= 0.3 is 6.01 Å². The van der Waals surface area contributed by atoms with Crippen LogP contribution in [0.2, 0.25) is 23.2 Å². The van der Waals surface area contributed by atoms with Gasteiger partial charge in [0.05, 0.1) is 24.3 Å². The third-order valence-electron chi connectivity index (χ3n) is 7.53. The van der Waals surface area contributed by atoms with Crippen molar-refractivity contribution in [1.82, 2.24) is 14.5 Å². The van der Waals surface area contributed by atoms with E-state index in [2.05, 4.69) is 38.8 Å². The van der Waals surface area contributed by atoms with Crippen LogP contribution in [0.4, 0.5) is 5.82 Å². The number of nitrogens with zero attached hydrogens (tertiary/aromatic N) is 3. The van der Waals surface area contributed by atoms with Crippen LogP contribution in [-0.2, 0) is 18.6 Å². The van der Waals surface area contributed by atoms with E-state index in [0.29, 0.717) is 42.0 Å². The molecule has 2 aromatic heterocycles. The zero-order valence-corrected chi connectivity index (χ0v) is 22.3. The standard InChI is InChI=1S/C23H35ClN4O5Si/c1-23(2,3)34(4,5)33-16-12-31-18-15(11-30-19(16)18)32-22-26-14-10-13(24)20(25)27-21(14)28(22)17-8-6-7-9-29-17/h10,15-19H,6-9,11-12H2,1-5H3,(H2,25,27)/t15-,16?,17?,18-,19?/m1/s1. The number of rotatable bonds is 5. The predicted octanol–water partition coefficient (Wildman–Crippen LogP) is 4.30. The number of aromatic nitrogens is 3. The van der Waals surface area contributed by atoms with Gasteiger partial charge in [-0.05, 0) is 43.5 Å². The first-order valence-corrected chi connectivity index (χ1v) is 15.4. The van der Waals surface area contributed by atoms with Crippen LogP contribution in [-0.4, -0.2) is 67.1 Å². The molecule has 9 nitrogen and oxygen atoms in total. The second-order valence-corrected chi connectivity index (χ2v) is 16.1. The summed E-state index contributed by atoms with van der Waals surface area (Å²) in [4.78, 5) is 9.20. The largest absolute Gasteiger partial charge is 0.456 e. The summed E-state index contributed by atoms with van der Waals surface area (Å²) in [5, 5.41) is 0.475. The molecule has 3 aliphatic heterocycles. The van der Waals surface area contributed by atoms with E-state index in [4.69, 9.17) is 45.7 Å². The Balaban J connectivity index is 1.39. The Labute approximate surface area is 206 Å². The van der Waals surface area contributed by atoms with Crippen molar-refractivity contribution in [2.24, 2.45) is 0 Å². The topological polar surface area (TPSA) is 103 Å². The number of nitrogens with two attached hydrogens (primary N) is 1. The van der Waals surface area contributed by atoms with E-state index in [1.54, 1.807) is 6.07 Å². The van der Waals surface area contributed by atoms with Crippen LogP contribution in [0.5, 0.6) is 6.01 Å². The molecule has 3 aliphatic rings. The highest BCUT2D eigenvalue weighted by Crippen LogP contribution is 2.41. The fourth-order valence-corrected chi connectivity index (χ4v) is 6.04. The highest BCUT2D eigenvalue weighted by atomic mass is 35.5. The number of hydrogen-bond acceptors (Lipinski definition) is 8. The Kier molecular flexibility index (Phi) is 6.35. The van der Waals surface area contributed by atoms with Crippen molar-refractivity contribution in [1.29, 1.82) is 0 Å². The van der Waals surface area contributed by atoms with E-state index in [0.717, 1.165) is 19.3 Å². The zero-order chi connectivity index (χ0) is 24.3. The van der Waals surface area contributed by atoms with E-state index >= 15 is 0 Å². The van der Waals surface area contributed by atoms with Gasteiger partial charge in [-0.3, -0.25) is 4.57 Å². The first-order chi connectivity index (χ1) is 16.0. The van der Waals surface area contributed by atoms with E-state index in [1.807, 2.05) is 4.57 Å². The van der Waals surface area contributed by atoms with E-state index < -0.39 is 8.32 Å². The van der Waals surface area contributed by atoms with Gasteiger partial charge in [-0.2, -0.15) is 4.98 Å². The highest BCUT2D eigenvalue weighted by molar-refractivity contribution is 6.74. The fourth-order valence-electron chi connectivity index (χ4n) is 4.58. The first kappa shape index (κ1) is 24.3. The van der Waals surface area contributed by atoms with Crippen molar-refractivity contribution in [3.63, 3.8) is 0 Å². The molecule has 0 amide bonds. The molecule has 3 saturated heterocycles. The average Bonchev–Trinajstić information content (AvgIpc) is 3.44. The van der Waals surface area contributed by atoms with Gasteiger partial charge < -0.3 is 29.1 Å². The number of pyridine rings is 1. The molecule has 0 bridgehead atoms. The number of fused-ring (bicyclic) bond motifs is 2. The summed E-state index contributed by atoms with van der Waals surface area (Å²) in [6, 6.07) is 2.14. The summed E-state index contributed by atoms with van der Waals surface area (Å²) in [5.41, 5.74) is 7.23.